The molecule has 7 nitrogen and oxygen atoms in total. The zero-order valence-electron chi connectivity index (χ0n) is 23.8. The van der Waals surface area contributed by atoms with E-state index in [0.29, 0.717) is 19.3 Å². The van der Waals surface area contributed by atoms with E-state index in [2.05, 4.69) is 5.32 Å². The van der Waals surface area contributed by atoms with Gasteiger partial charge in [0.2, 0.25) is 5.91 Å². The van der Waals surface area contributed by atoms with E-state index in [1.165, 1.54) is 0 Å². The molecule has 218 valence electrons. The standard InChI is InChI=1S/C35H38N2O5/c36-34(19-26-12-6-7-13-27(26)20-34)33(41)42-17-16-23-14-15-28-21-35(32(39)40,22-29(28)18-23)37-31(38)30(25-10-4-5-11-25)24-8-2-1-3-9-24/h1-3,6-9,12-15,18,25,30H,4-5,10-11,16-17,19-22,36H2,(H,37,38)(H,39,40). The van der Waals surface area contributed by atoms with Gasteiger partial charge in [0.1, 0.15) is 11.1 Å². The van der Waals surface area contributed by atoms with Crippen molar-refractivity contribution in [2.24, 2.45) is 11.7 Å². The minimum Gasteiger partial charge on any atom is -0.479 e. The summed E-state index contributed by atoms with van der Waals surface area (Å²) in [6, 6.07) is 23.5. The average molecular weight is 567 g/mol. The summed E-state index contributed by atoms with van der Waals surface area (Å²) in [5.74, 6) is -1.78. The van der Waals surface area contributed by atoms with Gasteiger partial charge in [-0.05, 0) is 52.1 Å². The second-order valence-electron chi connectivity index (χ2n) is 12.4. The number of nitrogens with two attached hydrogens (primary N) is 1. The molecule has 1 amide bonds. The molecule has 3 aromatic rings. The molecule has 42 heavy (non-hydrogen) atoms. The molecule has 0 spiro atoms. The van der Waals surface area contributed by atoms with Crippen molar-refractivity contribution in [1.82, 2.24) is 5.32 Å². The summed E-state index contributed by atoms with van der Waals surface area (Å²) in [6.07, 6.45) is 6.01. The summed E-state index contributed by atoms with van der Waals surface area (Å²) in [4.78, 5) is 39.4. The van der Waals surface area contributed by atoms with E-state index in [1.807, 2.05) is 72.8 Å². The maximum absolute atomic E-state index is 13.8. The fourth-order valence-electron chi connectivity index (χ4n) is 7.27. The molecule has 3 aliphatic rings. The topological polar surface area (TPSA) is 119 Å². The van der Waals surface area contributed by atoms with Crippen molar-refractivity contribution in [1.29, 1.82) is 0 Å². The Kier molecular flexibility index (Phi) is 7.62. The number of benzene rings is 3. The number of amides is 1. The quantitative estimate of drug-likeness (QED) is 0.333. The van der Waals surface area contributed by atoms with Crippen LogP contribution in [-0.2, 0) is 51.2 Å². The van der Waals surface area contributed by atoms with Crippen molar-refractivity contribution < 1.29 is 24.2 Å². The number of carbonyl (C=O) groups excluding carboxylic acids is 2. The lowest BCUT2D eigenvalue weighted by Crippen LogP contribution is -2.57. The van der Waals surface area contributed by atoms with Crippen LogP contribution in [0.3, 0.4) is 0 Å². The van der Waals surface area contributed by atoms with Crippen LogP contribution in [0.25, 0.3) is 0 Å². The molecule has 0 saturated heterocycles. The number of fused-ring (bicyclic) bond motifs is 2. The van der Waals surface area contributed by atoms with Crippen LogP contribution >= 0.6 is 0 Å². The molecule has 0 aromatic heterocycles. The highest BCUT2D eigenvalue weighted by atomic mass is 16.5. The molecule has 2 atom stereocenters. The summed E-state index contributed by atoms with van der Waals surface area (Å²) >= 11 is 0. The van der Waals surface area contributed by atoms with Gasteiger partial charge in [0, 0.05) is 32.1 Å². The number of hydrogen-bond acceptors (Lipinski definition) is 5. The van der Waals surface area contributed by atoms with Gasteiger partial charge in [0.25, 0.3) is 0 Å². The fourth-order valence-corrected chi connectivity index (χ4v) is 7.27. The van der Waals surface area contributed by atoms with Crippen molar-refractivity contribution in [2.75, 3.05) is 6.61 Å². The molecule has 0 bridgehead atoms. The number of carboxylic acid groups (broad SMARTS) is 1. The van der Waals surface area contributed by atoms with Crippen LogP contribution in [0.2, 0.25) is 0 Å². The molecule has 6 rings (SSSR count). The molecule has 1 saturated carbocycles. The van der Waals surface area contributed by atoms with Crippen LogP contribution in [0.5, 0.6) is 0 Å². The van der Waals surface area contributed by atoms with Gasteiger partial charge in [-0.1, -0.05) is 85.6 Å². The Hall–Kier alpha value is -3.97. The van der Waals surface area contributed by atoms with Crippen molar-refractivity contribution in [2.45, 2.75) is 74.8 Å². The molecule has 1 fully saturated rings. The van der Waals surface area contributed by atoms with E-state index >= 15 is 0 Å². The Balaban J connectivity index is 1.11. The molecule has 0 heterocycles. The molecule has 3 aliphatic carbocycles. The van der Waals surface area contributed by atoms with Gasteiger partial charge < -0.3 is 20.9 Å². The van der Waals surface area contributed by atoms with E-state index in [9.17, 15) is 19.5 Å². The zero-order valence-corrected chi connectivity index (χ0v) is 23.8. The number of carbonyl (C=O) groups is 3. The first-order valence-electron chi connectivity index (χ1n) is 15.0. The minimum absolute atomic E-state index is 0.188. The Morgan fingerprint density at radius 3 is 2.14 bits per heavy atom. The summed E-state index contributed by atoms with van der Waals surface area (Å²) in [5.41, 5.74) is 9.88. The SMILES string of the molecule is NC1(C(=O)OCCc2ccc3c(c2)CC(NC(=O)C(c2ccccc2)C2CCCC2)(C(=O)O)C3)Cc2ccccc2C1. The maximum atomic E-state index is 13.8. The highest BCUT2D eigenvalue weighted by molar-refractivity contribution is 5.92. The molecule has 7 heteroatoms. The van der Waals surface area contributed by atoms with Gasteiger partial charge in [-0.25, -0.2) is 4.79 Å². The number of rotatable bonds is 9. The lowest BCUT2D eigenvalue weighted by Gasteiger charge is -2.30. The lowest BCUT2D eigenvalue weighted by molar-refractivity contribution is -0.149. The normalized spacial score (nSPS) is 21.4. The van der Waals surface area contributed by atoms with Gasteiger partial charge in [0.05, 0.1) is 12.5 Å². The van der Waals surface area contributed by atoms with E-state index in [1.54, 1.807) is 0 Å². The van der Waals surface area contributed by atoms with Crippen molar-refractivity contribution in [3.05, 3.63) is 106 Å². The first-order valence-corrected chi connectivity index (χ1v) is 15.0. The molecule has 4 N–H and O–H groups in total. The van der Waals surface area contributed by atoms with Crippen LogP contribution < -0.4 is 11.1 Å². The predicted molar refractivity (Wildman–Crippen MR) is 159 cm³/mol. The second-order valence-corrected chi connectivity index (χ2v) is 12.4. The Morgan fingerprint density at radius 2 is 1.48 bits per heavy atom. The number of aliphatic carboxylic acids is 1. The lowest BCUT2D eigenvalue weighted by atomic mass is 9.83. The van der Waals surface area contributed by atoms with Crippen LogP contribution in [0, 0.1) is 5.92 Å². The molecule has 0 aliphatic heterocycles. The number of nitrogens with one attached hydrogen (secondary N) is 1. The van der Waals surface area contributed by atoms with E-state index in [-0.39, 0.29) is 37.2 Å². The highest BCUT2D eigenvalue weighted by Gasteiger charge is 2.47. The highest BCUT2D eigenvalue weighted by Crippen LogP contribution is 2.39. The first kappa shape index (κ1) is 28.2. The van der Waals surface area contributed by atoms with Crippen LogP contribution in [-0.4, -0.2) is 40.6 Å². The fraction of sp³-hybridized carbons (Fsp3) is 0.400. The minimum atomic E-state index is -1.39. The van der Waals surface area contributed by atoms with Crippen LogP contribution in [0.15, 0.2) is 72.8 Å². The van der Waals surface area contributed by atoms with Crippen LogP contribution in [0.4, 0.5) is 0 Å². The van der Waals surface area contributed by atoms with Gasteiger partial charge in [-0.3, -0.25) is 9.59 Å². The van der Waals surface area contributed by atoms with Crippen molar-refractivity contribution >= 4 is 17.8 Å². The van der Waals surface area contributed by atoms with E-state index in [0.717, 1.165) is 59.1 Å². The van der Waals surface area contributed by atoms with Gasteiger partial charge in [-0.2, -0.15) is 0 Å². The van der Waals surface area contributed by atoms with Crippen LogP contribution in [0.1, 0.15) is 65.0 Å². The van der Waals surface area contributed by atoms with Crippen molar-refractivity contribution in [3.63, 3.8) is 0 Å². The van der Waals surface area contributed by atoms with E-state index < -0.39 is 23.0 Å². The Bertz CT molecular complexity index is 1470. The predicted octanol–water partition coefficient (Wildman–Crippen LogP) is 4.28. The largest absolute Gasteiger partial charge is 0.479 e. The molecular weight excluding hydrogens is 528 g/mol. The third kappa shape index (κ3) is 5.45. The number of ether oxygens (including phenoxy) is 1. The third-order valence-corrected chi connectivity index (χ3v) is 9.50. The molecule has 0 radical (unpaired) electrons. The number of carboxylic acids is 1. The monoisotopic (exact) mass is 566 g/mol. The maximum Gasteiger partial charge on any atom is 0.330 e. The summed E-state index contributed by atoms with van der Waals surface area (Å²) < 4.78 is 5.62. The summed E-state index contributed by atoms with van der Waals surface area (Å²) in [6.45, 7) is 0.188. The smallest absolute Gasteiger partial charge is 0.330 e. The summed E-state index contributed by atoms with van der Waals surface area (Å²) in [5, 5.41) is 13.4. The summed E-state index contributed by atoms with van der Waals surface area (Å²) in [7, 11) is 0. The number of hydrogen-bond donors (Lipinski definition) is 3. The molecule has 2 unspecified atom stereocenters. The first-order chi connectivity index (χ1) is 20.3. The average Bonchev–Trinajstić information content (AvgIpc) is 3.71. The Labute approximate surface area is 246 Å². The Morgan fingerprint density at radius 1 is 0.857 bits per heavy atom. The number of esters is 1. The van der Waals surface area contributed by atoms with E-state index in [4.69, 9.17) is 10.5 Å². The van der Waals surface area contributed by atoms with Crippen molar-refractivity contribution in [3.8, 4) is 0 Å². The molecule has 3 aromatic carbocycles. The second kappa shape index (κ2) is 11.4. The van der Waals surface area contributed by atoms with Gasteiger partial charge >= 0.3 is 11.9 Å². The molecular formula is C35H38N2O5. The van der Waals surface area contributed by atoms with Gasteiger partial charge in [-0.15, -0.1) is 0 Å². The van der Waals surface area contributed by atoms with Gasteiger partial charge in [0.15, 0.2) is 0 Å². The third-order valence-electron chi connectivity index (χ3n) is 9.50. The zero-order chi connectivity index (χ0) is 29.3.